The highest BCUT2D eigenvalue weighted by Gasteiger charge is 2.28. The Bertz CT molecular complexity index is 697. The first-order valence-electron chi connectivity index (χ1n) is 6.75. The minimum absolute atomic E-state index is 0.175. The van der Waals surface area contributed by atoms with Crippen molar-refractivity contribution in [2.45, 2.75) is 32.0 Å². The molecule has 100 valence electrons. The van der Waals surface area contributed by atoms with Crippen molar-refractivity contribution in [3.05, 3.63) is 29.0 Å². The van der Waals surface area contributed by atoms with Crippen LogP contribution in [0.4, 0.5) is 5.69 Å². The van der Waals surface area contributed by atoms with Crippen molar-refractivity contribution in [2.24, 2.45) is 0 Å². The van der Waals surface area contributed by atoms with Gasteiger partial charge in [-0.3, -0.25) is 0 Å². The van der Waals surface area contributed by atoms with Gasteiger partial charge in [0, 0.05) is 23.1 Å². The molecule has 20 heavy (non-hydrogen) atoms. The molecule has 2 aromatic rings. The van der Waals surface area contributed by atoms with Gasteiger partial charge in [-0.2, -0.15) is 0 Å². The molecule has 0 saturated carbocycles. The number of nitrogens with zero attached hydrogens (tertiary/aromatic N) is 3. The lowest BCUT2D eigenvalue weighted by atomic mass is 9.50. The molecular formula is C14H14BClN4. The van der Waals surface area contributed by atoms with E-state index in [1.165, 1.54) is 0 Å². The van der Waals surface area contributed by atoms with Gasteiger partial charge in [0.15, 0.2) is 5.65 Å². The van der Waals surface area contributed by atoms with Crippen molar-refractivity contribution in [3.8, 4) is 5.97 Å². The largest absolute Gasteiger partial charge is 0.382 e. The summed E-state index contributed by atoms with van der Waals surface area (Å²) < 4.78 is 0. The summed E-state index contributed by atoms with van der Waals surface area (Å²) >= 11 is 6.25. The van der Waals surface area contributed by atoms with Crippen LogP contribution in [0.1, 0.15) is 12.1 Å². The standard InChI is InChI=1S/C14H14BClN4/c1-9-4-13(16)12-5-11(7-18-14(12)19-9)20-10-2-3-15(6-10)8-17/h4-5,7,10,20H,2-3,6H2,1H3. The van der Waals surface area contributed by atoms with E-state index in [9.17, 15) is 0 Å². The number of anilines is 1. The van der Waals surface area contributed by atoms with E-state index >= 15 is 0 Å². The van der Waals surface area contributed by atoms with E-state index in [2.05, 4.69) is 21.3 Å². The van der Waals surface area contributed by atoms with E-state index in [4.69, 9.17) is 16.9 Å². The van der Waals surface area contributed by atoms with E-state index in [-0.39, 0.29) is 6.71 Å². The summed E-state index contributed by atoms with van der Waals surface area (Å²) in [6.07, 6.45) is 4.67. The molecule has 1 saturated heterocycles. The van der Waals surface area contributed by atoms with Crippen molar-refractivity contribution < 1.29 is 0 Å². The van der Waals surface area contributed by atoms with Gasteiger partial charge >= 0.3 is 0 Å². The Hall–Kier alpha value is -1.80. The molecule has 3 rings (SSSR count). The first-order chi connectivity index (χ1) is 9.65. The Morgan fingerprint density at radius 2 is 2.35 bits per heavy atom. The van der Waals surface area contributed by atoms with Crippen LogP contribution in [-0.2, 0) is 0 Å². The molecule has 2 aromatic heterocycles. The first kappa shape index (κ1) is 13.2. The summed E-state index contributed by atoms with van der Waals surface area (Å²) in [4.78, 5) is 8.73. The highest BCUT2D eigenvalue weighted by Crippen LogP contribution is 2.27. The van der Waals surface area contributed by atoms with Gasteiger partial charge in [0.25, 0.3) is 6.71 Å². The maximum Gasteiger partial charge on any atom is 0.269 e. The quantitative estimate of drug-likeness (QED) is 0.859. The molecule has 0 amide bonds. The van der Waals surface area contributed by atoms with E-state index in [0.29, 0.717) is 16.7 Å². The van der Waals surface area contributed by atoms with Gasteiger partial charge in [0.05, 0.1) is 16.9 Å². The molecule has 3 heterocycles. The van der Waals surface area contributed by atoms with Gasteiger partial charge < -0.3 is 5.32 Å². The van der Waals surface area contributed by atoms with Crippen LogP contribution in [0.2, 0.25) is 17.7 Å². The van der Waals surface area contributed by atoms with Crippen LogP contribution in [0.3, 0.4) is 0 Å². The molecule has 4 nitrogen and oxygen atoms in total. The summed E-state index contributed by atoms with van der Waals surface area (Å²) in [7, 11) is 0. The minimum atomic E-state index is 0.175. The lowest BCUT2D eigenvalue weighted by Crippen LogP contribution is -2.16. The second-order valence-electron chi connectivity index (χ2n) is 5.32. The number of pyridine rings is 2. The molecule has 1 fully saturated rings. The molecule has 1 atom stereocenters. The van der Waals surface area contributed by atoms with Crippen molar-refractivity contribution in [1.29, 1.82) is 5.26 Å². The summed E-state index contributed by atoms with van der Waals surface area (Å²) in [5, 5.41) is 13.9. The van der Waals surface area contributed by atoms with Gasteiger partial charge in [0.2, 0.25) is 0 Å². The molecule has 6 heteroatoms. The van der Waals surface area contributed by atoms with Crippen LogP contribution >= 0.6 is 11.6 Å². The molecule has 1 aliphatic rings. The van der Waals surface area contributed by atoms with E-state index in [1.807, 2.05) is 19.1 Å². The number of halogens is 1. The number of hydrogen-bond acceptors (Lipinski definition) is 4. The van der Waals surface area contributed by atoms with Crippen molar-refractivity contribution in [2.75, 3.05) is 5.32 Å². The average Bonchev–Trinajstić information content (AvgIpc) is 2.87. The third-order valence-electron chi connectivity index (χ3n) is 3.73. The first-order valence-corrected chi connectivity index (χ1v) is 7.12. The lowest BCUT2D eigenvalue weighted by molar-refractivity contribution is 0.801. The molecule has 0 aliphatic carbocycles. The molecule has 1 aliphatic heterocycles. The predicted octanol–water partition coefficient (Wildman–Crippen LogP) is 3.33. The van der Waals surface area contributed by atoms with Crippen molar-refractivity contribution >= 4 is 35.0 Å². The third kappa shape index (κ3) is 2.57. The number of nitriles is 1. The van der Waals surface area contributed by atoms with Crippen LogP contribution in [0.25, 0.3) is 11.0 Å². The second-order valence-corrected chi connectivity index (χ2v) is 5.73. The molecule has 0 bridgehead atoms. The highest BCUT2D eigenvalue weighted by atomic mass is 35.5. The predicted molar refractivity (Wildman–Crippen MR) is 82.3 cm³/mol. The number of aromatic nitrogens is 2. The molecular weight excluding hydrogens is 270 g/mol. The summed E-state index contributed by atoms with van der Waals surface area (Å²) in [5.41, 5.74) is 2.47. The third-order valence-corrected chi connectivity index (χ3v) is 4.04. The molecule has 1 unspecified atom stereocenters. The Labute approximate surface area is 123 Å². The number of aryl methyl sites for hydroxylation is 1. The van der Waals surface area contributed by atoms with E-state index in [1.54, 1.807) is 6.20 Å². The van der Waals surface area contributed by atoms with Crippen LogP contribution < -0.4 is 5.32 Å². The monoisotopic (exact) mass is 284 g/mol. The van der Waals surface area contributed by atoms with Crippen LogP contribution in [-0.4, -0.2) is 22.7 Å². The van der Waals surface area contributed by atoms with Gasteiger partial charge in [-0.25, -0.2) is 15.2 Å². The number of hydrogen-bond donors (Lipinski definition) is 1. The van der Waals surface area contributed by atoms with Gasteiger partial charge in [-0.15, -0.1) is 0 Å². The average molecular weight is 285 g/mol. The molecule has 1 N–H and O–H groups in total. The van der Waals surface area contributed by atoms with Crippen LogP contribution in [0, 0.1) is 18.2 Å². The van der Waals surface area contributed by atoms with Gasteiger partial charge in [0.1, 0.15) is 0 Å². The summed E-state index contributed by atoms with van der Waals surface area (Å²) in [5.74, 6) is 2.34. The van der Waals surface area contributed by atoms with Crippen LogP contribution in [0.5, 0.6) is 0 Å². The molecule has 0 radical (unpaired) electrons. The fraction of sp³-hybridized carbons (Fsp3) is 0.357. The Kier molecular flexibility index (Phi) is 3.50. The Morgan fingerprint density at radius 1 is 1.50 bits per heavy atom. The Balaban J connectivity index is 1.85. The fourth-order valence-corrected chi connectivity index (χ4v) is 3.02. The fourth-order valence-electron chi connectivity index (χ4n) is 2.73. The van der Waals surface area contributed by atoms with Crippen LogP contribution in [0.15, 0.2) is 18.3 Å². The number of nitrogens with one attached hydrogen (secondary N) is 1. The SMILES string of the molecule is Cc1cc(Cl)c2cc(NC3CCB(C#N)C3)cnc2n1. The molecule has 0 aromatic carbocycles. The smallest absolute Gasteiger partial charge is 0.269 e. The van der Waals surface area contributed by atoms with E-state index < -0.39 is 0 Å². The zero-order valence-corrected chi connectivity index (χ0v) is 12.0. The Morgan fingerprint density at radius 3 is 3.10 bits per heavy atom. The molecule has 0 spiro atoms. The topological polar surface area (TPSA) is 61.6 Å². The maximum atomic E-state index is 8.94. The summed E-state index contributed by atoms with van der Waals surface area (Å²) in [6, 6.07) is 4.17. The maximum absolute atomic E-state index is 8.94. The zero-order valence-electron chi connectivity index (χ0n) is 11.2. The van der Waals surface area contributed by atoms with Crippen molar-refractivity contribution in [3.63, 3.8) is 0 Å². The van der Waals surface area contributed by atoms with Crippen molar-refractivity contribution in [1.82, 2.24) is 9.97 Å². The summed E-state index contributed by atoms with van der Waals surface area (Å²) in [6.45, 7) is 2.08. The van der Waals surface area contributed by atoms with Gasteiger partial charge in [-0.1, -0.05) is 17.9 Å². The highest BCUT2D eigenvalue weighted by molar-refractivity contribution is 6.67. The number of fused-ring (bicyclic) bond motifs is 1. The normalized spacial score (nSPS) is 18.2. The minimum Gasteiger partial charge on any atom is -0.382 e. The van der Waals surface area contributed by atoms with E-state index in [0.717, 1.165) is 35.8 Å². The second kappa shape index (κ2) is 5.30. The van der Waals surface area contributed by atoms with Gasteiger partial charge in [-0.05, 0) is 31.8 Å². The zero-order chi connectivity index (χ0) is 14.1. The number of rotatable bonds is 2. The lowest BCUT2D eigenvalue weighted by Gasteiger charge is -2.14.